The molecule has 0 aromatic carbocycles. The second-order valence-electron chi connectivity index (χ2n) is 4.78. The summed E-state index contributed by atoms with van der Waals surface area (Å²) in [6.07, 6.45) is 5.44. The fourth-order valence-corrected chi connectivity index (χ4v) is 2.91. The molecule has 2 heterocycles. The molecule has 0 radical (unpaired) electrons. The number of nitrogens with zero attached hydrogens (tertiary/aromatic N) is 5. The number of rotatable bonds is 8. The Morgan fingerprint density at radius 3 is 2.90 bits per heavy atom. The number of aryl methyl sites for hydroxylation is 1. The normalized spacial score (nSPS) is 12.5. The van der Waals surface area contributed by atoms with Crippen LogP contribution in [0.4, 0.5) is 0 Å². The Bertz CT molecular complexity index is 581. The SMILES string of the molecule is CCCc1nnc(SCC(=O)O)n1C(C)Cn1cccn1. The minimum Gasteiger partial charge on any atom is -0.481 e. The third-order valence-electron chi connectivity index (χ3n) is 2.98. The van der Waals surface area contributed by atoms with E-state index in [1.165, 1.54) is 11.8 Å². The molecule has 0 saturated heterocycles. The van der Waals surface area contributed by atoms with Crippen LogP contribution in [0.5, 0.6) is 0 Å². The Labute approximate surface area is 127 Å². The number of hydrogen-bond acceptors (Lipinski definition) is 5. The zero-order valence-electron chi connectivity index (χ0n) is 12.1. The van der Waals surface area contributed by atoms with Gasteiger partial charge in [0.2, 0.25) is 0 Å². The third-order valence-corrected chi connectivity index (χ3v) is 3.91. The average Bonchev–Trinajstić information content (AvgIpc) is 3.06. The summed E-state index contributed by atoms with van der Waals surface area (Å²) in [5.41, 5.74) is 0. The number of carbonyl (C=O) groups is 1. The molecule has 114 valence electrons. The van der Waals surface area contributed by atoms with Crippen molar-refractivity contribution in [3.63, 3.8) is 0 Å². The second-order valence-corrected chi connectivity index (χ2v) is 5.72. The van der Waals surface area contributed by atoms with E-state index in [1.54, 1.807) is 6.20 Å². The van der Waals surface area contributed by atoms with Gasteiger partial charge < -0.3 is 9.67 Å². The molecule has 0 bridgehead atoms. The molecule has 2 rings (SSSR count). The molecule has 0 fully saturated rings. The van der Waals surface area contributed by atoms with E-state index in [0.29, 0.717) is 11.7 Å². The number of carboxylic acids is 1. The Morgan fingerprint density at radius 2 is 2.29 bits per heavy atom. The zero-order valence-corrected chi connectivity index (χ0v) is 13.0. The molecule has 0 aliphatic carbocycles. The van der Waals surface area contributed by atoms with Crippen LogP contribution in [0.3, 0.4) is 0 Å². The predicted molar refractivity (Wildman–Crippen MR) is 79.3 cm³/mol. The maximum atomic E-state index is 10.8. The molecule has 2 aromatic rings. The number of hydrogen-bond donors (Lipinski definition) is 1. The van der Waals surface area contributed by atoms with Crippen molar-refractivity contribution >= 4 is 17.7 Å². The van der Waals surface area contributed by atoms with Crippen molar-refractivity contribution in [1.29, 1.82) is 0 Å². The summed E-state index contributed by atoms with van der Waals surface area (Å²) < 4.78 is 3.88. The molecular formula is C13H19N5O2S. The van der Waals surface area contributed by atoms with Gasteiger partial charge in [-0.15, -0.1) is 10.2 Å². The highest BCUT2D eigenvalue weighted by atomic mass is 32.2. The van der Waals surface area contributed by atoms with Crippen LogP contribution < -0.4 is 0 Å². The molecule has 8 heteroatoms. The molecule has 0 amide bonds. The van der Waals surface area contributed by atoms with Crippen LogP contribution in [0.25, 0.3) is 0 Å². The summed E-state index contributed by atoms with van der Waals surface area (Å²) in [5.74, 6) is 0.0232. The van der Waals surface area contributed by atoms with E-state index < -0.39 is 5.97 Å². The van der Waals surface area contributed by atoms with Gasteiger partial charge >= 0.3 is 5.97 Å². The summed E-state index contributed by atoms with van der Waals surface area (Å²) in [6, 6.07) is 1.99. The fourth-order valence-electron chi connectivity index (χ4n) is 2.13. The lowest BCUT2D eigenvalue weighted by molar-refractivity contribution is -0.133. The molecule has 21 heavy (non-hydrogen) atoms. The van der Waals surface area contributed by atoms with E-state index in [2.05, 4.69) is 29.1 Å². The highest BCUT2D eigenvalue weighted by Gasteiger charge is 2.18. The van der Waals surface area contributed by atoms with Crippen LogP contribution in [0, 0.1) is 0 Å². The van der Waals surface area contributed by atoms with Crippen LogP contribution in [0.1, 0.15) is 32.1 Å². The van der Waals surface area contributed by atoms with Gasteiger partial charge in [-0.1, -0.05) is 18.7 Å². The number of thioether (sulfide) groups is 1. The van der Waals surface area contributed by atoms with E-state index in [4.69, 9.17) is 5.11 Å². The predicted octanol–water partition coefficient (Wildman–Crippen LogP) is 1.86. The molecule has 0 aliphatic rings. The van der Waals surface area contributed by atoms with Gasteiger partial charge in [-0.3, -0.25) is 9.48 Å². The monoisotopic (exact) mass is 309 g/mol. The summed E-state index contributed by atoms with van der Waals surface area (Å²) in [7, 11) is 0. The second kappa shape index (κ2) is 7.26. The van der Waals surface area contributed by atoms with Crippen molar-refractivity contribution in [2.45, 2.75) is 44.4 Å². The first kappa shape index (κ1) is 15.6. The number of aromatic nitrogens is 5. The molecule has 1 atom stereocenters. The van der Waals surface area contributed by atoms with Crippen LogP contribution in [-0.4, -0.2) is 41.4 Å². The van der Waals surface area contributed by atoms with E-state index in [9.17, 15) is 4.79 Å². The summed E-state index contributed by atoms with van der Waals surface area (Å²) in [6.45, 7) is 4.85. The third kappa shape index (κ3) is 4.07. The van der Waals surface area contributed by atoms with E-state index in [1.807, 2.05) is 21.5 Å². The average molecular weight is 309 g/mol. The lowest BCUT2D eigenvalue weighted by Gasteiger charge is -2.17. The van der Waals surface area contributed by atoms with Crippen molar-refractivity contribution in [1.82, 2.24) is 24.5 Å². The van der Waals surface area contributed by atoms with Crippen LogP contribution in [-0.2, 0) is 17.8 Å². The van der Waals surface area contributed by atoms with Crippen LogP contribution in [0.2, 0.25) is 0 Å². The van der Waals surface area contributed by atoms with Gasteiger partial charge in [0.05, 0.1) is 18.3 Å². The highest BCUT2D eigenvalue weighted by Crippen LogP contribution is 2.23. The van der Waals surface area contributed by atoms with Gasteiger partial charge in [-0.2, -0.15) is 5.10 Å². The first-order valence-corrected chi connectivity index (χ1v) is 7.86. The van der Waals surface area contributed by atoms with E-state index in [0.717, 1.165) is 18.7 Å². The minimum atomic E-state index is -0.855. The largest absolute Gasteiger partial charge is 0.481 e. The molecule has 7 nitrogen and oxygen atoms in total. The summed E-state index contributed by atoms with van der Waals surface area (Å²) in [5, 5.41) is 22.0. The number of carboxylic acid groups (broad SMARTS) is 1. The molecular weight excluding hydrogens is 290 g/mol. The van der Waals surface area contributed by atoms with Crippen molar-refractivity contribution in [2.24, 2.45) is 0 Å². The highest BCUT2D eigenvalue weighted by molar-refractivity contribution is 7.99. The lowest BCUT2D eigenvalue weighted by atomic mass is 10.3. The van der Waals surface area contributed by atoms with E-state index in [-0.39, 0.29) is 11.8 Å². The summed E-state index contributed by atoms with van der Waals surface area (Å²) >= 11 is 1.20. The van der Waals surface area contributed by atoms with Crippen LogP contribution in [0.15, 0.2) is 23.6 Å². The smallest absolute Gasteiger partial charge is 0.313 e. The van der Waals surface area contributed by atoms with Gasteiger partial charge in [-0.05, 0) is 19.4 Å². The van der Waals surface area contributed by atoms with Crippen molar-refractivity contribution in [3.8, 4) is 0 Å². The Hall–Kier alpha value is -1.83. The molecule has 0 aliphatic heterocycles. The Balaban J connectivity index is 2.20. The Morgan fingerprint density at radius 1 is 1.48 bits per heavy atom. The van der Waals surface area contributed by atoms with Gasteiger partial charge in [-0.25, -0.2) is 0 Å². The minimum absolute atomic E-state index is 0.0151. The van der Waals surface area contributed by atoms with Crippen molar-refractivity contribution in [3.05, 3.63) is 24.3 Å². The number of aliphatic carboxylic acids is 1. The summed E-state index contributed by atoms with van der Waals surface area (Å²) in [4.78, 5) is 10.8. The first-order chi connectivity index (χ1) is 10.1. The molecule has 2 aromatic heterocycles. The van der Waals surface area contributed by atoms with Crippen molar-refractivity contribution < 1.29 is 9.90 Å². The van der Waals surface area contributed by atoms with Gasteiger partial charge in [0, 0.05) is 18.8 Å². The van der Waals surface area contributed by atoms with Gasteiger partial charge in [0.15, 0.2) is 5.16 Å². The lowest BCUT2D eigenvalue weighted by Crippen LogP contribution is -2.17. The van der Waals surface area contributed by atoms with Gasteiger partial charge in [0.25, 0.3) is 0 Å². The topological polar surface area (TPSA) is 85.8 Å². The quantitative estimate of drug-likeness (QED) is 0.749. The maximum absolute atomic E-state index is 10.8. The van der Waals surface area contributed by atoms with E-state index >= 15 is 0 Å². The maximum Gasteiger partial charge on any atom is 0.313 e. The molecule has 0 spiro atoms. The first-order valence-electron chi connectivity index (χ1n) is 6.87. The molecule has 1 N–H and O–H groups in total. The standard InChI is InChI=1S/C13H19N5O2S/c1-3-5-11-15-16-13(21-9-12(19)20)18(11)10(2)8-17-7-4-6-14-17/h4,6-7,10H,3,5,8-9H2,1-2H3,(H,19,20). The Kier molecular flexibility index (Phi) is 5.38. The molecule has 0 saturated carbocycles. The van der Waals surface area contributed by atoms with Crippen molar-refractivity contribution in [2.75, 3.05) is 5.75 Å². The molecule has 1 unspecified atom stereocenters. The van der Waals surface area contributed by atoms with Gasteiger partial charge in [0.1, 0.15) is 5.82 Å². The fraction of sp³-hybridized carbons (Fsp3) is 0.538. The zero-order chi connectivity index (χ0) is 15.2. The van der Waals surface area contributed by atoms with Crippen LogP contribution >= 0.6 is 11.8 Å².